The molecule has 0 spiro atoms. The first-order chi connectivity index (χ1) is 11.2. The van der Waals surface area contributed by atoms with Gasteiger partial charge < -0.3 is 9.47 Å². The van der Waals surface area contributed by atoms with Crippen LogP contribution in [-0.2, 0) is 27.5 Å². The molecule has 3 aromatic rings. The van der Waals surface area contributed by atoms with Crippen molar-refractivity contribution in [1.29, 1.82) is 0 Å². The lowest BCUT2D eigenvalue weighted by atomic mass is 10.2. The number of ether oxygens (including phenoxy) is 2. The van der Waals surface area contributed by atoms with Gasteiger partial charge in [-0.2, -0.15) is 0 Å². The number of carbonyl (C=O) groups excluding carboxylic acids is 1. The SMILES string of the molecule is O=C(COCc1nc2ccccc2s1)OCc1ccc(Br)cc1. The summed E-state index contributed by atoms with van der Waals surface area (Å²) in [5.41, 5.74) is 1.89. The molecule has 2 aromatic carbocycles. The second-order valence-corrected chi connectivity index (χ2v) is 6.89. The molecule has 0 radical (unpaired) electrons. The molecule has 0 saturated carbocycles. The lowest BCUT2D eigenvalue weighted by molar-refractivity contribution is -0.150. The minimum atomic E-state index is -0.381. The monoisotopic (exact) mass is 391 g/mol. The molecule has 0 unspecified atom stereocenters. The molecular formula is C17H14BrNO3S. The maximum atomic E-state index is 11.7. The molecule has 0 aliphatic carbocycles. The molecule has 0 fully saturated rings. The van der Waals surface area contributed by atoms with Crippen LogP contribution < -0.4 is 0 Å². The third-order valence-corrected chi connectivity index (χ3v) is 4.64. The number of carbonyl (C=O) groups is 1. The predicted octanol–water partition coefficient (Wildman–Crippen LogP) is 4.32. The molecule has 0 amide bonds. The Morgan fingerprint density at radius 1 is 1.09 bits per heavy atom. The third-order valence-electron chi connectivity index (χ3n) is 3.10. The average Bonchev–Trinajstić information content (AvgIpc) is 2.97. The lowest BCUT2D eigenvalue weighted by Gasteiger charge is -2.05. The van der Waals surface area contributed by atoms with Crippen LogP contribution in [0.4, 0.5) is 0 Å². The second kappa shape index (κ2) is 7.68. The Morgan fingerprint density at radius 2 is 1.87 bits per heavy atom. The standard InChI is InChI=1S/C17H14BrNO3S/c18-13-7-5-12(6-8-13)9-22-17(20)11-21-10-16-19-14-3-1-2-4-15(14)23-16/h1-8H,9-11H2. The fourth-order valence-electron chi connectivity index (χ4n) is 1.99. The van der Waals surface area contributed by atoms with Crippen LogP contribution in [0.1, 0.15) is 10.6 Å². The Labute approximate surface area is 146 Å². The molecule has 23 heavy (non-hydrogen) atoms. The van der Waals surface area contributed by atoms with E-state index in [1.807, 2.05) is 48.5 Å². The topological polar surface area (TPSA) is 48.4 Å². The van der Waals surface area contributed by atoms with Crippen LogP contribution >= 0.6 is 27.3 Å². The van der Waals surface area contributed by atoms with Gasteiger partial charge in [0.25, 0.3) is 0 Å². The highest BCUT2D eigenvalue weighted by atomic mass is 79.9. The smallest absolute Gasteiger partial charge is 0.332 e. The van der Waals surface area contributed by atoms with Crippen LogP contribution in [0.3, 0.4) is 0 Å². The van der Waals surface area contributed by atoms with Gasteiger partial charge in [-0.15, -0.1) is 11.3 Å². The maximum absolute atomic E-state index is 11.7. The van der Waals surface area contributed by atoms with E-state index in [1.54, 1.807) is 11.3 Å². The summed E-state index contributed by atoms with van der Waals surface area (Å²) in [6.45, 7) is 0.482. The van der Waals surface area contributed by atoms with Crippen molar-refractivity contribution in [2.24, 2.45) is 0 Å². The number of aromatic nitrogens is 1. The highest BCUT2D eigenvalue weighted by molar-refractivity contribution is 9.10. The van der Waals surface area contributed by atoms with Crippen LogP contribution in [0, 0.1) is 0 Å². The highest BCUT2D eigenvalue weighted by Crippen LogP contribution is 2.21. The second-order valence-electron chi connectivity index (χ2n) is 4.86. The number of nitrogens with zero attached hydrogens (tertiary/aromatic N) is 1. The van der Waals surface area contributed by atoms with Crippen LogP contribution in [-0.4, -0.2) is 17.6 Å². The summed E-state index contributed by atoms with van der Waals surface area (Å²) in [7, 11) is 0. The fourth-order valence-corrected chi connectivity index (χ4v) is 3.16. The van der Waals surface area contributed by atoms with E-state index in [0.29, 0.717) is 6.61 Å². The zero-order valence-electron chi connectivity index (χ0n) is 12.2. The Balaban J connectivity index is 1.43. The van der Waals surface area contributed by atoms with Crippen molar-refractivity contribution >= 4 is 43.5 Å². The van der Waals surface area contributed by atoms with Crippen molar-refractivity contribution in [1.82, 2.24) is 4.98 Å². The van der Waals surface area contributed by atoms with E-state index in [2.05, 4.69) is 20.9 Å². The van der Waals surface area contributed by atoms with Crippen LogP contribution in [0.15, 0.2) is 53.0 Å². The Bertz CT molecular complexity index is 768. The molecule has 0 aliphatic rings. The largest absolute Gasteiger partial charge is 0.459 e. The molecule has 1 aromatic heterocycles. The Morgan fingerprint density at radius 3 is 2.65 bits per heavy atom. The van der Waals surface area contributed by atoms with Gasteiger partial charge in [-0.05, 0) is 29.8 Å². The minimum Gasteiger partial charge on any atom is -0.459 e. The van der Waals surface area contributed by atoms with Crippen LogP contribution in [0.25, 0.3) is 10.2 Å². The molecule has 4 nitrogen and oxygen atoms in total. The maximum Gasteiger partial charge on any atom is 0.332 e. The lowest BCUT2D eigenvalue weighted by Crippen LogP contribution is -2.12. The van der Waals surface area contributed by atoms with Gasteiger partial charge in [0.1, 0.15) is 18.2 Å². The zero-order valence-corrected chi connectivity index (χ0v) is 14.6. The number of thiazole rings is 1. The summed E-state index contributed by atoms with van der Waals surface area (Å²) in [6.07, 6.45) is 0. The van der Waals surface area contributed by atoms with Gasteiger partial charge in [-0.25, -0.2) is 9.78 Å². The molecule has 3 rings (SSSR count). The quantitative estimate of drug-likeness (QED) is 0.587. The first-order valence-electron chi connectivity index (χ1n) is 7.03. The van der Waals surface area contributed by atoms with E-state index in [-0.39, 0.29) is 19.2 Å². The summed E-state index contributed by atoms with van der Waals surface area (Å²) in [6, 6.07) is 15.5. The van der Waals surface area contributed by atoms with Gasteiger partial charge in [-0.1, -0.05) is 40.2 Å². The number of rotatable bonds is 6. The van der Waals surface area contributed by atoms with Gasteiger partial charge in [0, 0.05) is 4.47 Å². The van der Waals surface area contributed by atoms with Crippen molar-refractivity contribution in [3.63, 3.8) is 0 Å². The fraction of sp³-hybridized carbons (Fsp3) is 0.176. The van der Waals surface area contributed by atoms with Crippen LogP contribution in [0.5, 0.6) is 0 Å². The number of esters is 1. The number of hydrogen-bond donors (Lipinski definition) is 0. The number of fused-ring (bicyclic) bond motifs is 1. The summed E-state index contributed by atoms with van der Waals surface area (Å²) in [4.78, 5) is 16.1. The molecule has 0 bridgehead atoms. The number of para-hydroxylation sites is 1. The zero-order chi connectivity index (χ0) is 16.1. The van der Waals surface area contributed by atoms with E-state index in [0.717, 1.165) is 25.3 Å². The van der Waals surface area contributed by atoms with E-state index in [1.165, 1.54) is 0 Å². The predicted molar refractivity (Wildman–Crippen MR) is 93.2 cm³/mol. The van der Waals surface area contributed by atoms with Gasteiger partial charge in [0.2, 0.25) is 0 Å². The number of benzene rings is 2. The Hall–Kier alpha value is -1.76. The number of hydrogen-bond acceptors (Lipinski definition) is 5. The van der Waals surface area contributed by atoms with E-state index >= 15 is 0 Å². The third kappa shape index (κ3) is 4.60. The first-order valence-corrected chi connectivity index (χ1v) is 8.64. The first kappa shape index (κ1) is 16.1. The normalized spacial score (nSPS) is 10.8. The van der Waals surface area contributed by atoms with Gasteiger partial charge in [0.05, 0.1) is 16.8 Å². The van der Waals surface area contributed by atoms with Crippen molar-refractivity contribution in [3.05, 3.63) is 63.6 Å². The van der Waals surface area contributed by atoms with Crippen molar-refractivity contribution in [2.45, 2.75) is 13.2 Å². The van der Waals surface area contributed by atoms with E-state index < -0.39 is 0 Å². The van der Waals surface area contributed by atoms with Crippen LogP contribution in [0.2, 0.25) is 0 Å². The molecule has 0 atom stereocenters. The van der Waals surface area contributed by atoms with Crippen molar-refractivity contribution in [2.75, 3.05) is 6.61 Å². The molecule has 0 saturated heterocycles. The molecule has 0 aliphatic heterocycles. The average molecular weight is 392 g/mol. The van der Waals surface area contributed by atoms with Crippen molar-refractivity contribution in [3.8, 4) is 0 Å². The summed E-state index contributed by atoms with van der Waals surface area (Å²) in [5, 5.41) is 0.854. The summed E-state index contributed by atoms with van der Waals surface area (Å²) >= 11 is 4.93. The Kier molecular flexibility index (Phi) is 5.38. The highest BCUT2D eigenvalue weighted by Gasteiger charge is 2.07. The van der Waals surface area contributed by atoms with Gasteiger partial charge >= 0.3 is 5.97 Å². The molecule has 6 heteroatoms. The van der Waals surface area contributed by atoms with Crippen molar-refractivity contribution < 1.29 is 14.3 Å². The number of halogens is 1. The summed E-state index contributed by atoms with van der Waals surface area (Å²) < 4.78 is 12.7. The van der Waals surface area contributed by atoms with E-state index in [9.17, 15) is 4.79 Å². The molecule has 0 N–H and O–H groups in total. The minimum absolute atomic E-state index is 0.0769. The van der Waals surface area contributed by atoms with Gasteiger partial charge in [0.15, 0.2) is 0 Å². The van der Waals surface area contributed by atoms with Gasteiger partial charge in [-0.3, -0.25) is 0 Å². The molecule has 1 heterocycles. The summed E-state index contributed by atoms with van der Waals surface area (Å²) in [5.74, 6) is -0.381. The molecular weight excluding hydrogens is 378 g/mol. The molecule has 118 valence electrons. The van der Waals surface area contributed by atoms with E-state index in [4.69, 9.17) is 9.47 Å².